The zero-order valence-corrected chi connectivity index (χ0v) is 30.1. The van der Waals surface area contributed by atoms with Crippen molar-refractivity contribution in [2.45, 2.75) is 62.2 Å². The van der Waals surface area contributed by atoms with E-state index in [1.807, 2.05) is 51.9 Å². The Morgan fingerprint density at radius 2 is 1.65 bits per heavy atom. The van der Waals surface area contributed by atoms with Gasteiger partial charge in [0, 0.05) is 49.9 Å². The van der Waals surface area contributed by atoms with Crippen LogP contribution in [0.2, 0.25) is 0 Å². The zero-order valence-electron chi connectivity index (χ0n) is 30.1. The molecule has 2 fully saturated rings. The van der Waals surface area contributed by atoms with Crippen LogP contribution >= 0.6 is 0 Å². The van der Waals surface area contributed by atoms with Crippen LogP contribution in [0.4, 0.5) is 16.6 Å². The first-order valence-corrected chi connectivity index (χ1v) is 18.5. The van der Waals surface area contributed by atoms with Gasteiger partial charge in [0.1, 0.15) is 18.0 Å². The van der Waals surface area contributed by atoms with Crippen LogP contribution in [0.1, 0.15) is 53.1 Å². The molecule has 0 radical (unpaired) electrons. The molecule has 8 rings (SSSR count). The van der Waals surface area contributed by atoms with Gasteiger partial charge in [0.2, 0.25) is 5.95 Å². The predicted molar refractivity (Wildman–Crippen MR) is 205 cm³/mol. The largest absolute Gasteiger partial charge is 0.508 e. The van der Waals surface area contributed by atoms with E-state index >= 15 is 0 Å². The number of fused-ring (bicyclic) bond motifs is 1. The number of rotatable bonds is 12. The van der Waals surface area contributed by atoms with E-state index in [0.717, 1.165) is 16.7 Å². The molecule has 55 heavy (non-hydrogen) atoms. The average molecular weight is 745 g/mol. The molecule has 1 aliphatic carbocycles. The molecule has 0 unspecified atom stereocenters. The van der Waals surface area contributed by atoms with Gasteiger partial charge in [-0.1, -0.05) is 72.8 Å². The van der Waals surface area contributed by atoms with Crippen LogP contribution in [0.15, 0.2) is 104 Å². The number of phenolic OH excluding ortho intramolecular Hbond substituents is 1. The number of aliphatic hydroxyl groups is 3. The highest BCUT2D eigenvalue weighted by molar-refractivity contribution is 5.84. The van der Waals surface area contributed by atoms with E-state index in [4.69, 9.17) is 15.0 Å². The van der Waals surface area contributed by atoms with Crippen LogP contribution < -0.4 is 20.9 Å². The molecule has 0 bridgehead atoms. The van der Waals surface area contributed by atoms with Crippen molar-refractivity contribution in [1.29, 1.82) is 0 Å². The molecule has 3 aromatic heterocycles. The fraction of sp³-hybridized carbons (Fsp3) is 0.325. The summed E-state index contributed by atoms with van der Waals surface area (Å²) < 4.78 is 3.40. The molecule has 6 aromatic rings. The first kappa shape index (κ1) is 36.0. The number of carbonyl (C=O) groups excluding carboxylic acids is 1. The van der Waals surface area contributed by atoms with Gasteiger partial charge < -0.3 is 45.8 Å². The molecular formula is C40H44N10O5. The third kappa shape index (κ3) is 7.67. The van der Waals surface area contributed by atoms with E-state index < -0.39 is 24.3 Å². The molecule has 5 atom stereocenters. The number of nitrogens with one attached hydrogen (secondary N) is 3. The number of phenols is 1. The number of imidazole rings is 1. The molecule has 15 heteroatoms. The summed E-state index contributed by atoms with van der Waals surface area (Å²) >= 11 is 0. The second kappa shape index (κ2) is 15.8. The maximum absolute atomic E-state index is 12.9. The Balaban J connectivity index is 1.07. The molecule has 284 valence electrons. The van der Waals surface area contributed by atoms with Crippen LogP contribution in [-0.4, -0.2) is 93.6 Å². The Bertz CT molecular complexity index is 2190. The van der Waals surface area contributed by atoms with E-state index in [-0.39, 0.29) is 36.9 Å². The number of aromatic nitrogens is 6. The highest BCUT2D eigenvalue weighted by Gasteiger charge is 2.44. The van der Waals surface area contributed by atoms with Crippen molar-refractivity contribution in [3.05, 3.63) is 126 Å². The van der Waals surface area contributed by atoms with Gasteiger partial charge in [-0.15, -0.1) is 0 Å². The zero-order chi connectivity index (χ0) is 37.9. The Hall–Kier alpha value is -6.03. The van der Waals surface area contributed by atoms with Gasteiger partial charge in [0.25, 0.3) is 0 Å². The van der Waals surface area contributed by atoms with Gasteiger partial charge in [-0.05, 0) is 41.7 Å². The normalized spacial score (nSPS) is 21.0. The lowest BCUT2D eigenvalue weighted by Crippen LogP contribution is -2.43. The Labute approximate surface area is 317 Å². The smallest absolute Gasteiger partial charge is 0.315 e. The fourth-order valence-corrected chi connectivity index (χ4v) is 7.72. The molecular weight excluding hydrogens is 701 g/mol. The summed E-state index contributed by atoms with van der Waals surface area (Å²) in [4.78, 5) is 29.7. The average Bonchev–Trinajstić information content (AvgIpc) is 4.02. The number of aliphatic hydroxyl groups excluding tert-OH is 3. The molecule has 2 amide bonds. The Morgan fingerprint density at radius 3 is 2.36 bits per heavy atom. The molecule has 0 spiro atoms. The Kier molecular flexibility index (Phi) is 10.3. The number of nitrogens with zero attached hydrogens (tertiary/aromatic N) is 7. The lowest BCUT2D eigenvalue weighted by Gasteiger charge is -2.22. The van der Waals surface area contributed by atoms with E-state index in [1.165, 1.54) is 0 Å². The lowest BCUT2D eigenvalue weighted by molar-refractivity contribution is 0.00720. The minimum absolute atomic E-state index is 0.00197. The number of hydrogen-bond acceptors (Lipinski definition) is 11. The van der Waals surface area contributed by atoms with E-state index in [0.29, 0.717) is 61.0 Å². The van der Waals surface area contributed by atoms with Gasteiger partial charge in [0.15, 0.2) is 17.0 Å². The van der Waals surface area contributed by atoms with Crippen LogP contribution in [0.5, 0.6) is 5.75 Å². The molecule has 2 aliphatic rings. The van der Waals surface area contributed by atoms with Crippen molar-refractivity contribution >= 4 is 29.0 Å². The topological polar surface area (TPSA) is 199 Å². The van der Waals surface area contributed by atoms with Crippen molar-refractivity contribution < 1.29 is 25.2 Å². The van der Waals surface area contributed by atoms with Crippen molar-refractivity contribution in [1.82, 2.24) is 39.9 Å². The summed E-state index contributed by atoms with van der Waals surface area (Å²) in [6, 6.07) is 25.7. The molecule has 1 saturated carbocycles. The minimum atomic E-state index is -1.14. The molecule has 4 heterocycles. The first-order valence-electron chi connectivity index (χ1n) is 18.5. The van der Waals surface area contributed by atoms with Crippen molar-refractivity contribution in [3.63, 3.8) is 0 Å². The quantitative estimate of drug-likeness (QED) is 0.0969. The van der Waals surface area contributed by atoms with E-state index in [2.05, 4.69) is 45.3 Å². The lowest BCUT2D eigenvalue weighted by atomic mass is 9.91. The number of hydrogen-bond donors (Lipinski definition) is 7. The van der Waals surface area contributed by atoms with Crippen molar-refractivity contribution in [3.8, 4) is 5.75 Å². The number of aromatic hydroxyl groups is 1. The summed E-state index contributed by atoms with van der Waals surface area (Å²) in [5.74, 6) is 1.12. The highest BCUT2D eigenvalue weighted by atomic mass is 16.3. The molecule has 1 aliphatic heterocycles. The molecule has 1 saturated heterocycles. The van der Waals surface area contributed by atoms with Crippen LogP contribution in [0.3, 0.4) is 0 Å². The van der Waals surface area contributed by atoms with Gasteiger partial charge in [-0.2, -0.15) is 15.1 Å². The second-order valence-electron chi connectivity index (χ2n) is 14.2. The van der Waals surface area contributed by atoms with Gasteiger partial charge in [-0.25, -0.2) is 9.78 Å². The molecule has 3 aromatic carbocycles. The summed E-state index contributed by atoms with van der Waals surface area (Å²) in [5, 5.41) is 55.8. The Morgan fingerprint density at radius 1 is 0.909 bits per heavy atom. The van der Waals surface area contributed by atoms with Gasteiger partial charge in [-0.3, -0.25) is 4.68 Å². The maximum Gasteiger partial charge on any atom is 0.315 e. The number of anilines is 2. The monoisotopic (exact) mass is 744 g/mol. The summed E-state index contributed by atoms with van der Waals surface area (Å²) in [5.41, 5.74) is 4.71. The van der Waals surface area contributed by atoms with Gasteiger partial charge in [0.05, 0.1) is 31.2 Å². The molecule has 15 nitrogen and oxygen atoms in total. The van der Waals surface area contributed by atoms with Crippen LogP contribution in [0, 0.1) is 0 Å². The number of amides is 2. The standard InChI is InChI=1S/C40H44N10O5/c51-23-26-19-44-50(21-26)33-17-32(35(53)36(33)54)49-24-43-34-37(41-20-31(27-9-3-1-4-10-27)28-11-5-2-6-12-28)46-39(47-38(34)49)48-15-14-29(22-48)45-40(55)42-18-25-8-7-13-30(52)16-25/h1-13,16,19,21,24,29,31-33,35-36,51-54H,14-15,17-18,20,22-23H2,(H,41,46,47)(H2,42,45,55)/t29-,32-,33+,35+,36-/m1/s1. The second-order valence-corrected chi connectivity index (χ2v) is 14.2. The van der Waals surface area contributed by atoms with Crippen molar-refractivity contribution in [2.75, 3.05) is 29.9 Å². The van der Waals surface area contributed by atoms with Crippen LogP contribution in [0.25, 0.3) is 11.2 Å². The van der Waals surface area contributed by atoms with Crippen LogP contribution in [-0.2, 0) is 13.2 Å². The third-order valence-electron chi connectivity index (χ3n) is 10.6. The third-order valence-corrected chi connectivity index (χ3v) is 10.6. The van der Waals surface area contributed by atoms with Gasteiger partial charge >= 0.3 is 6.03 Å². The predicted octanol–water partition coefficient (Wildman–Crippen LogP) is 3.45. The fourth-order valence-electron chi connectivity index (χ4n) is 7.72. The summed E-state index contributed by atoms with van der Waals surface area (Å²) in [6.45, 7) is 1.66. The number of carbonyl (C=O) groups is 1. The SMILES string of the molecule is O=C(NCc1cccc(O)c1)N[C@@H]1CCN(c2nc(NCC(c3ccccc3)c3ccccc3)c3ncn([C@@H]4C[C@H](n5cc(CO)cn5)[C@@H](O)[C@H]4O)c3n2)C1. The number of benzene rings is 3. The summed E-state index contributed by atoms with van der Waals surface area (Å²) in [7, 11) is 0. The highest BCUT2D eigenvalue weighted by Crippen LogP contribution is 2.40. The molecule has 7 N–H and O–H groups in total. The number of urea groups is 1. The van der Waals surface area contributed by atoms with E-state index in [1.54, 1.807) is 41.6 Å². The first-order chi connectivity index (χ1) is 26.8. The van der Waals surface area contributed by atoms with Crippen molar-refractivity contribution in [2.24, 2.45) is 0 Å². The minimum Gasteiger partial charge on any atom is -0.508 e. The summed E-state index contributed by atoms with van der Waals surface area (Å²) in [6.07, 6.45) is 3.62. The maximum atomic E-state index is 12.9. The van der Waals surface area contributed by atoms with E-state index in [9.17, 15) is 25.2 Å².